The number of nitrogens with zero attached hydrogens (tertiary/aromatic N) is 1. The van der Waals surface area contributed by atoms with Crippen molar-refractivity contribution in [2.24, 2.45) is 5.92 Å². The molecule has 0 aliphatic heterocycles. The summed E-state index contributed by atoms with van der Waals surface area (Å²) in [5.41, 5.74) is 2.09. The normalized spacial score (nSPS) is 26.0. The molecule has 27 heavy (non-hydrogen) atoms. The lowest BCUT2D eigenvalue weighted by atomic mass is 9.82. The van der Waals surface area contributed by atoms with Gasteiger partial charge in [-0.1, -0.05) is 83.1 Å². The van der Waals surface area contributed by atoms with Gasteiger partial charge >= 0.3 is 0 Å². The van der Waals surface area contributed by atoms with Crippen LogP contribution in [0.15, 0.2) is 24.3 Å². The molecule has 5 atom stereocenters. The van der Waals surface area contributed by atoms with Gasteiger partial charge in [0.2, 0.25) is 6.04 Å². The highest BCUT2D eigenvalue weighted by molar-refractivity contribution is 5.30. The predicted molar refractivity (Wildman–Crippen MR) is 112 cm³/mol. The van der Waals surface area contributed by atoms with Crippen molar-refractivity contribution in [2.75, 3.05) is 0 Å². The molecule has 3 unspecified atom stereocenters. The van der Waals surface area contributed by atoms with Gasteiger partial charge < -0.3 is 15.1 Å². The van der Waals surface area contributed by atoms with Crippen molar-refractivity contribution in [2.45, 2.75) is 102 Å². The van der Waals surface area contributed by atoms with E-state index in [-0.39, 0.29) is 17.9 Å². The van der Waals surface area contributed by atoms with Gasteiger partial charge in [-0.2, -0.15) is 0 Å². The Morgan fingerprint density at radius 1 is 1.04 bits per heavy atom. The van der Waals surface area contributed by atoms with Crippen LogP contribution in [0.25, 0.3) is 4.85 Å². The third-order valence-electron chi connectivity index (χ3n) is 6.20. The molecule has 0 amide bonds. The van der Waals surface area contributed by atoms with Crippen LogP contribution in [0.4, 0.5) is 0 Å². The first kappa shape index (κ1) is 21.9. The van der Waals surface area contributed by atoms with E-state index in [4.69, 9.17) is 6.57 Å². The summed E-state index contributed by atoms with van der Waals surface area (Å²) < 4.78 is 0. The third kappa shape index (κ3) is 6.06. The van der Waals surface area contributed by atoms with Crippen molar-refractivity contribution < 1.29 is 10.2 Å². The summed E-state index contributed by atoms with van der Waals surface area (Å²) in [6.45, 7) is 11.9. The number of hydrogen-bond donors (Lipinski definition) is 2. The maximum absolute atomic E-state index is 10.6. The van der Waals surface area contributed by atoms with Crippen LogP contribution in [0.2, 0.25) is 0 Å². The predicted octanol–water partition coefficient (Wildman–Crippen LogP) is 6.02. The monoisotopic (exact) mass is 371 g/mol. The molecule has 1 aromatic carbocycles. The lowest BCUT2D eigenvalue weighted by Gasteiger charge is -2.22. The van der Waals surface area contributed by atoms with E-state index in [1.807, 2.05) is 12.1 Å². The number of benzene rings is 1. The number of aliphatic hydroxyl groups is 2. The molecule has 2 rings (SSSR count). The molecule has 0 heterocycles. The summed E-state index contributed by atoms with van der Waals surface area (Å²) in [7, 11) is 0. The van der Waals surface area contributed by atoms with Gasteiger partial charge in [0.25, 0.3) is 0 Å². The molecule has 0 spiro atoms. The quantitative estimate of drug-likeness (QED) is 0.369. The first-order valence-electron chi connectivity index (χ1n) is 10.9. The van der Waals surface area contributed by atoms with Crippen molar-refractivity contribution >= 4 is 0 Å². The van der Waals surface area contributed by atoms with Gasteiger partial charge in [-0.15, -0.1) is 0 Å². The van der Waals surface area contributed by atoms with E-state index in [1.54, 1.807) is 0 Å². The van der Waals surface area contributed by atoms with Gasteiger partial charge in [-0.05, 0) is 24.0 Å². The molecular weight excluding hydrogens is 334 g/mol. The van der Waals surface area contributed by atoms with Gasteiger partial charge in [0.15, 0.2) is 0 Å². The lowest BCUT2D eigenvalue weighted by molar-refractivity contribution is 0.152. The minimum atomic E-state index is -0.430. The van der Waals surface area contributed by atoms with Crippen molar-refractivity contribution in [1.29, 1.82) is 0 Å². The summed E-state index contributed by atoms with van der Waals surface area (Å²) in [5.74, 6) is 0.298. The number of aliphatic hydroxyl groups excluding tert-OH is 2. The maximum Gasteiger partial charge on any atom is 0.229 e. The minimum Gasteiger partial charge on any atom is -0.392 e. The second-order valence-electron chi connectivity index (χ2n) is 8.22. The van der Waals surface area contributed by atoms with Gasteiger partial charge in [0, 0.05) is 18.3 Å². The van der Waals surface area contributed by atoms with Crippen LogP contribution in [0.3, 0.4) is 0 Å². The fourth-order valence-electron chi connectivity index (χ4n) is 4.58. The highest BCUT2D eigenvalue weighted by Crippen LogP contribution is 2.44. The summed E-state index contributed by atoms with van der Waals surface area (Å²) >= 11 is 0. The van der Waals surface area contributed by atoms with Gasteiger partial charge in [0.1, 0.15) is 0 Å². The second kappa shape index (κ2) is 11.5. The SMILES string of the molecule is [C-]#[N+][C@@H]1C[C@@H](O)C(c2ccc(C(O)CCCCC)cc2)C1CCCCCC. The fourth-order valence-corrected chi connectivity index (χ4v) is 4.58. The van der Waals surface area contributed by atoms with Crippen LogP contribution >= 0.6 is 0 Å². The Kier molecular flexibility index (Phi) is 9.31. The highest BCUT2D eigenvalue weighted by Gasteiger charge is 2.46. The maximum atomic E-state index is 10.6. The molecule has 150 valence electrons. The van der Waals surface area contributed by atoms with E-state index in [2.05, 4.69) is 30.8 Å². The molecule has 1 aliphatic rings. The largest absolute Gasteiger partial charge is 0.392 e. The van der Waals surface area contributed by atoms with E-state index >= 15 is 0 Å². The topological polar surface area (TPSA) is 44.8 Å². The van der Waals surface area contributed by atoms with E-state index < -0.39 is 12.2 Å². The molecule has 0 aromatic heterocycles. The van der Waals surface area contributed by atoms with Crippen molar-refractivity contribution in [1.82, 2.24) is 0 Å². The van der Waals surface area contributed by atoms with E-state index in [0.29, 0.717) is 6.42 Å². The molecule has 1 aliphatic carbocycles. The molecule has 2 N–H and O–H groups in total. The van der Waals surface area contributed by atoms with Gasteiger partial charge in [-0.25, -0.2) is 6.57 Å². The molecule has 3 heteroatoms. The second-order valence-corrected chi connectivity index (χ2v) is 8.22. The Bertz CT molecular complexity index is 577. The first-order valence-corrected chi connectivity index (χ1v) is 10.9. The van der Waals surface area contributed by atoms with Crippen molar-refractivity contribution in [3.63, 3.8) is 0 Å². The molecule has 1 fully saturated rings. The van der Waals surface area contributed by atoms with E-state index in [0.717, 1.165) is 49.7 Å². The van der Waals surface area contributed by atoms with E-state index in [1.165, 1.54) is 19.3 Å². The smallest absolute Gasteiger partial charge is 0.229 e. The van der Waals surface area contributed by atoms with Crippen LogP contribution < -0.4 is 0 Å². The molecule has 3 nitrogen and oxygen atoms in total. The molecular formula is C24H37NO2. The standard InChI is InChI=1S/C24H37NO2/c1-4-6-8-10-11-20-21(25-3)17-23(27)24(20)19-15-13-18(14-16-19)22(26)12-9-7-5-2/h13-16,20-24,26-27H,4-12,17H2,1-2H3/t20?,21-,22?,23-,24?/m1/s1. The molecule has 0 saturated heterocycles. The van der Waals surface area contributed by atoms with Gasteiger partial charge in [-0.3, -0.25) is 0 Å². The molecule has 0 radical (unpaired) electrons. The zero-order valence-corrected chi connectivity index (χ0v) is 17.1. The Hall–Kier alpha value is -1.37. The van der Waals surface area contributed by atoms with Crippen LogP contribution in [0.5, 0.6) is 0 Å². The molecule has 1 aromatic rings. The van der Waals surface area contributed by atoms with Gasteiger partial charge in [0.05, 0.1) is 12.2 Å². The lowest BCUT2D eigenvalue weighted by Crippen LogP contribution is -2.19. The van der Waals surface area contributed by atoms with Crippen LogP contribution in [0.1, 0.15) is 101 Å². The Morgan fingerprint density at radius 3 is 2.33 bits per heavy atom. The zero-order valence-electron chi connectivity index (χ0n) is 17.1. The minimum absolute atomic E-state index is 0.0528. The Balaban J connectivity index is 2.05. The van der Waals surface area contributed by atoms with Crippen LogP contribution in [0, 0.1) is 12.5 Å². The highest BCUT2D eigenvalue weighted by atomic mass is 16.3. The molecule has 1 saturated carbocycles. The zero-order chi connectivity index (χ0) is 19.6. The first-order chi connectivity index (χ1) is 13.1. The average Bonchev–Trinajstić information content (AvgIpc) is 3.00. The van der Waals surface area contributed by atoms with E-state index in [9.17, 15) is 10.2 Å². The molecule has 0 bridgehead atoms. The van der Waals surface area contributed by atoms with Crippen LogP contribution in [-0.4, -0.2) is 22.4 Å². The van der Waals surface area contributed by atoms with Crippen LogP contribution in [-0.2, 0) is 0 Å². The third-order valence-corrected chi connectivity index (χ3v) is 6.20. The summed E-state index contributed by atoms with van der Waals surface area (Å²) in [6, 6.07) is 8.09. The fraction of sp³-hybridized carbons (Fsp3) is 0.708. The number of rotatable bonds is 11. The average molecular weight is 372 g/mol. The summed E-state index contributed by atoms with van der Waals surface area (Å²) in [6.07, 6.45) is 9.76. The Morgan fingerprint density at radius 2 is 1.70 bits per heavy atom. The van der Waals surface area contributed by atoms with Crippen molar-refractivity contribution in [3.8, 4) is 0 Å². The number of unbranched alkanes of at least 4 members (excludes halogenated alkanes) is 5. The summed E-state index contributed by atoms with van der Waals surface area (Å²) in [4.78, 5) is 3.83. The van der Waals surface area contributed by atoms with Crippen molar-refractivity contribution in [3.05, 3.63) is 46.8 Å². The Labute approximate surface area is 165 Å². The number of hydrogen-bond acceptors (Lipinski definition) is 2. The summed E-state index contributed by atoms with van der Waals surface area (Å²) in [5, 5.41) is 21.0.